The summed E-state index contributed by atoms with van der Waals surface area (Å²) in [5, 5.41) is 23.1. The van der Waals surface area contributed by atoms with Crippen LogP contribution < -0.4 is 4.74 Å². The molecule has 0 radical (unpaired) electrons. The van der Waals surface area contributed by atoms with Gasteiger partial charge < -0.3 is 14.9 Å². The second-order valence-electron chi connectivity index (χ2n) is 10.6. The topological polar surface area (TPSA) is 56.2 Å². The molecule has 2 saturated carbocycles. The minimum Gasteiger partial charge on any atom is -0.504 e. The number of aromatic hydroxyl groups is 1. The number of rotatable bonds is 3. The number of benzene rings is 1. The smallest absolute Gasteiger partial charge is 0.165 e. The summed E-state index contributed by atoms with van der Waals surface area (Å²) in [4.78, 5) is 5.23. The van der Waals surface area contributed by atoms with Crippen LogP contribution in [0.4, 0.5) is 0 Å². The zero-order valence-corrected chi connectivity index (χ0v) is 17.1. The van der Waals surface area contributed by atoms with E-state index in [1.165, 1.54) is 31.2 Å². The number of hydrogen-bond donors (Lipinski definition) is 2. The Morgan fingerprint density at radius 2 is 1.90 bits per heavy atom. The van der Waals surface area contributed by atoms with E-state index < -0.39 is 5.60 Å². The fraction of sp³-hybridized carbons (Fsp3) is 0.750. The van der Waals surface area contributed by atoms with Crippen molar-refractivity contribution in [2.75, 3.05) is 26.2 Å². The number of aliphatic hydroxyl groups is 1. The Balaban J connectivity index is 1.39. The zero-order valence-electron chi connectivity index (χ0n) is 17.1. The van der Waals surface area contributed by atoms with Gasteiger partial charge in [0.1, 0.15) is 6.10 Å². The van der Waals surface area contributed by atoms with Crippen LogP contribution in [0.15, 0.2) is 12.1 Å². The third-order valence-electron chi connectivity index (χ3n) is 9.34. The average Bonchev–Trinajstić information content (AvgIpc) is 3.22. The van der Waals surface area contributed by atoms with Crippen molar-refractivity contribution in [1.29, 1.82) is 0 Å². The minimum atomic E-state index is -0.743. The quantitative estimate of drug-likeness (QED) is 0.822. The highest BCUT2D eigenvalue weighted by molar-refractivity contribution is 5.62. The maximum absolute atomic E-state index is 12.4. The van der Waals surface area contributed by atoms with E-state index in [0.717, 1.165) is 63.3 Å². The van der Waals surface area contributed by atoms with E-state index in [2.05, 4.69) is 15.9 Å². The molecule has 3 aliphatic heterocycles. The molecule has 2 bridgehead atoms. The van der Waals surface area contributed by atoms with Crippen LogP contribution >= 0.6 is 0 Å². The molecule has 5 nitrogen and oxygen atoms in total. The van der Waals surface area contributed by atoms with E-state index >= 15 is 0 Å². The van der Waals surface area contributed by atoms with E-state index in [1.54, 1.807) is 0 Å². The molecule has 7 rings (SSSR count). The van der Waals surface area contributed by atoms with Gasteiger partial charge in [-0.3, -0.25) is 9.80 Å². The normalized spacial score (nSPS) is 43.3. The summed E-state index contributed by atoms with van der Waals surface area (Å²) in [6, 6.07) is 4.46. The Kier molecular flexibility index (Phi) is 3.41. The van der Waals surface area contributed by atoms with Crippen molar-refractivity contribution >= 4 is 0 Å². The molecular weight excluding hydrogens is 364 g/mol. The molecule has 1 aromatic rings. The summed E-state index contributed by atoms with van der Waals surface area (Å²) in [7, 11) is 0. The van der Waals surface area contributed by atoms with Crippen LogP contribution in [-0.4, -0.2) is 70.0 Å². The number of piperidine rings is 1. The maximum Gasteiger partial charge on any atom is 0.165 e. The van der Waals surface area contributed by atoms with E-state index in [9.17, 15) is 10.2 Å². The summed E-state index contributed by atoms with van der Waals surface area (Å²) >= 11 is 0. The summed E-state index contributed by atoms with van der Waals surface area (Å²) in [6.07, 6.45) is 8.89. The molecule has 1 spiro atoms. The molecule has 6 aliphatic rings. The summed E-state index contributed by atoms with van der Waals surface area (Å²) < 4.78 is 6.66. The standard InChI is InChI=1S/C24H32N2O3/c27-18-6-5-16-13-19-24(28)8-7-17(25-10-1-2-11-25)22-23(24,20(16)21(18)29-22)9-12-26(19)14-15-3-4-15/h5-6,15,17,19,22,27-28H,1-4,7-14H2/t17-,19+,22+,23+,24-/m1/s1. The van der Waals surface area contributed by atoms with Crippen LogP contribution in [0, 0.1) is 5.92 Å². The lowest BCUT2D eigenvalue weighted by Gasteiger charge is -2.64. The number of ether oxygens (including phenoxy) is 1. The molecule has 3 aliphatic carbocycles. The van der Waals surface area contributed by atoms with Gasteiger partial charge >= 0.3 is 0 Å². The van der Waals surface area contributed by atoms with Crippen molar-refractivity contribution in [3.05, 3.63) is 23.3 Å². The highest BCUT2D eigenvalue weighted by Gasteiger charge is 2.73. The number of phenolic OH excluding ortho intramolecular Hbond substituents is 1. The van der Waals surface area contributed by atoms with Crippen LogP contribution in [0.5, 0.6) is 11.5 Å². The van der Waals surface area contributed by atoms with Crippen LogP contribution in [0.2, 0.25) is 0 Å². The van der Waals surface area contributed by atoms with Crippen molar-refractivity contribution in [2.45, 2.75) is 80.6 Å². The van der Waals surface area contributed by atoms with Crippen molar-refractivity contribution in [3.8, 4) is 11.5 Å². The molecule has 2 N–H and O–H groups in total. The van der Waals surface area contributed by atoms with Crippen molar-refractivity contribution in [3.63, 3.8) is 0 Å². The van der Waals surface area contributed by atoms with E-state index in [-0.39, 0.29) is 23.3 Å². The van der Waals surface area contributed by atoms with Gasteiger partial charge in [-0.1, -0.05) is 6.07 Å². The SMILES string of the molecule is Oc1ccc2c3c1O[C@H]1[C@H](N4CCCC4)CC[C@@]4(O)[C@H](C2)N(CC2CC2)CC[C@]314. The van der Waals surface area contributed by atoms with E-state index in [0.29, 0.717) is 11.8 Å². The monoisotopic (exact) mass is 396 g/mol. The summed E-state index contributed by atoms with van der Waals surface area (Å²) in [6.45, 7) is 4.48. The highest BCUT2D eigenvalue weighted by Crippen LogP contribution is 2.66. The van der Waals surface area contributed by atoms with Crippen molar-refractivity contribution in [1.82, 2.24) is 9.80 Å². The van der Waals surface area contributed by atoms with E-state index in [4.69, 9.17) is 4.74 Å². The second kappa shape index (κ2) is 5.68. The molecule has 0 amide bonds. The minimum absolute atomic E-state index is 0.0349. The third-order valence-corrected chi connectivity index (χ3v) is 9.34. The lowest BCUT2D eigenvalue weighted by atomic mass is 9.48. The molecule has 156 valence electrons. The Labute approximate surface area is 172 Å². The van der Waals surface area contributed by atoms with Crippen molar-refractivity contribution < 1.29 is 14.9 Å². The van der Waals surface area contributed by atoms with Gasteiger partial charge in [0.2, 0.25) is 0 Å². The third kappa shape index (κ3) is 2.07. The molecule has 1 aromatic carbocycles. The lowest BCUT2D eigenvalue weighted by Crippen LogP contribution is -2.78. The predicted octanol–water partition coefficient (Wildman–Crippen LogP) is 2.42. The number of likely N-dealkylation sites (tertiary alicyclic amines) is 2. The Morgan fingerprint density at radius 1 is 1.07 bits per heavy atom. The maximum atomic E-state index is 12.4. The lowest BCUT2D eigenvalue weighted by molar-refractivity contribution is -0.199. The number of nitrogens with zero attached hydrogens (tertiary/aromatic N) is 2. The highest BCUT2D eigenvalue weighted by atomic mass is 16.5. The second-order valence-corrected chi connectivity index (χ2v) is 10.6. The summed E-state index contributed by atoms with van der Waals surface area (Å²) in [5.74, 6) is 1.78. The van der Waals surface area contributed by atoms with Gasteiger partial charge in [0.15, 0.2) is 11.5 Å². The molecule has 4 fully saturated rings. The van der Waals surface area contributed by atoms with Crippen LogP contribution in [0.3, 0.4) is 0 Å². The zero-order chi connectivity index (χ0) is 19.4. The van der Waals surface area contributed by atoms with E-state index in [1.807, 2.05) is 6.07 Å². The number of hydrogen-bond acceptors (Lipinski definition) is 5. The first-order valence-electron chi connectivity index (χ1n) is 11.8. The molecule has 5 heteroatoms. The van der Waals surface area contributed by atoms with Gasteiger partial charge in [-0.15, -0.1) is 0 Å². The molecule has 2 saturated heterocycles. The largest absolute Gasteiger partial charge is 0.504 e. The molecule has 3 heterocycles. The Bertz CT molecular complexity index is 864. The van der Waals surface area contributed by atoms with Gasteiger partial charge in [0.25, 0.3) is 0 Å². The van der Waals surface area contributed by atoms with Gasteiger partial charge in [-0.25, -0.2) is 0 Å². The first-order valence-corrected chi connectivity index (χ1v) is 11.8. The van der Waals surface area contributed by atoms with Gasteiger partial charge in [-0.2, -0.15) is 0 Å². The Hall–Kier alpha value is -1.30. The molecule has 0 unspecified atom stereocenters. The van der Waals surface area contributed by atoms with Gasteiger partial charge in [0.05, 0.1) is 11.0 Å². The molecule has 0 aromatic heterocycles. The number of phenols is 1. The molecule has 5 atom stereocenters. The predicted molar refractivity (Wildman–Crippen MR) is 109 cm³/mol. The van der Waals surface area contributed by atoms with Crippen molar-refractivity contribution in [2.24, 2.45) is 5.92 Å². The fourth-order valence-corrected chi connectivity index (χ4v) is 7.90. The first-order chi connectivity index (χ1) is 14.1. The van der Waals surface area contributed by atoms with Crippen LogP contribution in [0.1, 0.15) is 56.1 Å². The first kappa shape index (κ1) is 17.4. The Morgan fingerprint density at radius 3 is 2.69 bits per heavy atom. The summed E-state index contributed by atoms with van der Waals surface area (Å²) in [5.41, 5.74) is 1.37. The van der Waals surface area contributed by atoms with Crippen LogP contribution in [-0.2, 0) is 11.8 Å². The average molecular weight is 397 g/mol. The molecular formula is C24H32N2O3. The van der Waals surface area contributed by atoms with Crippen LogP contribution in [0.25, 0.3) is 0 Å². The molecule has 29 heavy (non-hydrogen) atoms. The van der Waals surface area contributed by atoms with Gasteiger partial charge in [0, 0.05) is 24.2 Å². The van der Waals surface area contributed by atoms with Gasteiger partial charge in [-0.05, 0) is 88.5 Å². The fourth-order valence-electron chi connectivity index (χ4n) is 7.90.